The number of hydrogen-bond donors (Lipinski definition) is 1. The highest BCUT2D eigenvalue weighted by molar-refractivity contribution is 6.12. The van der Waals surface area contributed by atoms with Gasteiger partial charge in [0.05, 0.1) is 0 Å². The second kappa shape index (κ2) is 6.59. The number of nitrogen functional groups attached to an aromatic ring is 1. The molecule has 0 atom stereocenters. The molecule has 3 aromatic rings. The number of hydrogen-bond acceptors (Lipinski definition) is 3. The molecule has 3 rings (SSSR count). The predicted octanol–water partition coefficient (Wildman–Crippen LogP) is 4.88. The van der Waals surface area contributed by atoms with Gasteiger partial charge < -0.3 is 10.2 Å². The van der Waals surface area contributed by atoms with Gasteiger partial charge in [0.2, 0.25) is 0 Å². The Morgan fingerprint density at radius 2 is 1.75 bits per heavy atom. The van der Waals surface area contributed by atoms with Crippen LogP contribution in [-0.2, 0) is 0 Å². The molecule has 1 heterocycles. The minimum absolute atomic E-state index is 0.0759. The fourth-order valence-corrected chi connectivity index (χ4v) is 2.48. The maximum absolute atomic E-state index is 12.6. The molecular weight excluding hydrogens is 298 g/mol. The van der Waals surface area contributed by atoms with Crippen molar-refractivity contribution < 1.29 is 9.21 Å². The van der Waals surface area contributed by atoms with E-state index < -0.39 is 0 Å². The number of benzene rings is 2. The average molecular weight is 317 g/mol. The molecule has 0 fully saturated rings. The van der Waals surface area contributed by atoms with Gasteiger partial charge in [0.1, 0.15) is 11.5 Å². The van der Waals surface area contributed by atoms with Gasteiger partial charge in [0, 0.05) is 16.8 Å². The molecule has 0 aliphatic rings. The Morgan fingerprint density at radius 1 is 1.00 bits per heavy atom. The van der Waals surface area contributed by atoms with Crippen LogP contribution in [0, 0.1) is 13.8 Å². The molecule has 0 spiro atoms. The molecule has 1 aromatic heterocycles. The molecule has 2 aromatic carbocycles. The van der Waals surface area contributed by atoms with Crippen LogP contribution in [0.3, 0.4) is 0 Å². The monoisotopic (exact) mass is 317 g/mol. The van der Waals surface area contributed by atoms with E-state index in [1.807, 2.05) is 62.4 Å². The maximum Gasteiger partial charge on any atom is 0.195 e. The van der Waals surface area contributed by atoms with Gasteiger partial charge in [0.15, 0.2) is 5.78 Å². The predicted molar refractivity (Wildman–Crippen MR) is 97.8 cm³/mol. The van der Waals surface area contributed by atoms with Crippen LogP contribution in [0.5, 0.6) is 0 Å². The summed E-state index contributed by atoms with van der Waals surface area (Å²) in [6.45, 7) is 3.95. The van der Waals surface area contributed by atoms with Gasteiger partial charge in [-0.25, -0.2) is 0 Å². The first-order chi connectivity index (χ1) is 11.5. The molecule has 3 nitrogen and oxygen atoms in total. The van der Waals surface area contributed by atoms with Gasteiger partial charge in [-0.3, -0.25) is 4.79 Å². The van der Waals surface area contributed by atoms with Crippen LogP contribution in [0.25, 0.3) is 12.2 Å². The number of ketones is 1. The zero-order valence-corrected chi connectivity index (χ0v) is 13.7. The van der Waals surface area contributed by atoms with Crippen LogP contribution in [0.1, 0.15) is 38.6 Å². The molecule has 0 bridgehead atoms. The molecule has 3 heteroatoms. The van der Waals surface area contributed by atoms with Gasteiger partial charge in [-0.1, -0.05) is 42.5 Å². The lowest BCUT2D eigenvalue weighted by Gasteiger charge is -2.06. The van der Waals surface area contributed by atoms with E-state index in [0.29, 0.717) is 16.8 Å². The van der Waals surface area contributed by atoms with Gasteiger partial charge in [0.25, 0.3) is 0 Å². The Labute approximate surface area is 141 Å². The van der Waals surface area contributed by atoms with Crippen molar-refractivity contribution in [2.45, 2.75) is 13.8 Å². The summed E-state index contributed by atoms with van der Waals surface area (Å²) in [4.78, 5) is 12.6. The molecule has 0 saturated heterocycles. The van der Waals surface area contributed by atoms with E-state index in [1.165, 1.54) is 0 Å². The van der Waals surface area contributed by atoms with Gasteiger partial charge >= 0.3 is 0 Å². The Balaban J connectivity index is 1.90. The lowest BCUT2D eigenvalue weighted by Crippen LogP contribution is -2.05. The van der Waals surface area contributed by atoms with Crippen LogP contribution >= 0.6 is 0 Å². The van der Waals surface area contributed by atoms with Crippen LogP contribution in [0.2, 0.25) is 0 Å². The summed E-state index contributed by atoms with van der Waals surface area (Å²) in [5, 5.41) is 0. The second-order valence-corrected chi connectivity index (χ2v) is 5.76. The molecule has 0 unspecified atom stereocenters. The normalized spacial score (nSPS) is 11.1. The van der Waals surface area contributed by atoms with E-state index in [1.54, 1.807) is 18.2 Å². The third-order valence-electron chi connectivity index (χ3n) is 3.98. The minimum atomic E-state index is -0.0759. The topological polar surface area (TPSA) is 56.2 Å². The van der Waals surface area contributed by atoms with Crippen LogP contribution in [0.15, 0.2) is 59.0 Å². The number of carbonyl (C=O) groups is 1. The zero-order valence-electron chi connectivity index (χ0n) is 13.7. The van der Waals surface area contributed by atoms with Crippen molar-refractivity contribution in [3.05, 3.63) is 88.4 Å². The molecule has 0 aliphatic carbocycles. The van der Waals surface area contributed by atoms with Gasteiger partial charge in [-0.15, -0.1) is 0 Å². The first-order valence-corrected chi connectivity index (χ1v) is 7.79. The SMILES string of the molecule is Cc1cc(C=Cc2ccc(N)c(C(=O)c3ccccc3)c2)oc1C. The van der Waals surface area contributed by atoms with Crippen molar-refractivity contribution in [3.63, 3.8) is 0 Å². The number of rotatable bonds is 4. The van der Waals surface area contributed by atoms with Crippen molar-refractivity contribution in [1.29, 1.82) is 0 Å². The maximum atomic E-state index is 12.6. The molecule has 2 N–H and O–H groups in total. The minimum Gasteiger partial charge on any atom is -0.462 e. The highest BCUT2D eigenvalue weighted by Crippen LogP contribution is 2.21. The third kappa shape index (κ3) is 3.30. The summed E-state index contributed by atoms with van der Waals surface area (Å²) < 4.78 is 5.63. The zero-order chi connectivity index (χ0) is 17.1. The fourth-order valence-electron chi connectivity index (χ4n) is 2.48. The van der Waals surface area contributed by atoms with Crippen LogP contribution in [-0.4, -0.2) is 5.78 Å². The van der Waals surface area contributed by atoms with E-state index in [9.17, 15) is 4.79 Å². The summed E-state index contributed by atoms with van der Waals surface area (Å²) in [6.07, 6.45) is 3.81. The van der Waals surface area contributed by atoms with Crippen LogP contribution < -0.4 is 5.73 Å². The third-order valence-corrected chi connectivity index (χ3v) is 3.98. The first kappa shape index (κ1) is 15.8. The first-order valence-electron chi connectivity index (χ1n) is 7.79. The van der Waals surface area contributed by atoms with E-state index in [4.69, 9.17) is 10.2 Å². The van der Waals surface area contributed by atoms with Gasteiger partial charge in [-0.05, 0) is 49.2 Å². The highest BCUT2D eigenvalue weighted by atomic mass is 16.3. The van der Waals surface area contributed by atoms with Crippen molar-refractivity contribution in [1.82, 2.24) is 0 Å². The van der Waals surface area contributed by atoms with Crippen molar-refractivity contribution >= 4 is 23.6 Å². The summed E-state index contributed by atoms with van der Waals surface area (Å²) >= 11 is 0. The van der Waals surface area contributed by atoms with Crippen molar-refractivity contribution in [2.24, 2.45) is 0 Å². The summed E-state index contributed by atoms with van der Waals surface area (Å²) in [7, 11) is 0. The Morgan fingerprint density at radius 3 is 2.42 bits per heavy atom. The lowest BCUT2D eigenvalue weighted by atomic mass is 9.99. The molecule has 0 radical (unpaired) electrons. The molecule has 24 heavy (non-hydrogen) atoms. The van der Waals surface area contributed by atoms with Crippen LogP contribution in [0.4, 0.5) is 5.69 Å². The number of nitrogens with two attached hydrogens (primary N) is 1. The Hall–Kier alpha value is -3.07. The molecule has 0 saturated carbocycles. The second-order valence-electron chi connectivity index (χ2n) is 5.76. The van der Waals surface area contributed by atoms with E-state index in [0.717, 1.165) is 22.6 Å². The van der Waals surface area contributed by atoms with Gasteiger partial charge in [-0.2, -0.15) is 0 Å². The van der Waals surface area contributed by atoms with E-state index in [2.05, 4.69) is 0 Å². The Bertz CT molecular complexity index is 885. The van der Waals surface area contributed by atoms with Crippen molar-refractivity contribution in [3.8, 4) is 0 Å². The smallest absolute Gasteiger partial charge is 0.195 e. The summed E-state index contributed by atoms with van der Waals surface area (Å²) in [5.74, 6) is 1.62. The number of furan rings is 1. The molecule has 120 valence electrons. The molecule has 0 aliphatic heterocycles. The molecular formula is C21H19NO2. The average Bonchev–Trinajstić information content (AvgIpc) is 2.92. The van der Waals surface area contributed by atoms with E-state index in [-0.39, 0.29) is 5.78 Å². The lowest BCUT2D eigenvalue weighted by molar-refractivity contribution is 0.103. The largest absolute Gasteiger partial charge is 0.462 e. The Kier molecular flexibility index (Phi) is 4.34. The molecule has 0 amide bonds. The summed E-state index contributed by atoms with van der Waals surface area (Å²) in [6, 6.07) is 16.6. The number of carbonyl (C=O) groups excluding carboxylic acids is 1. The van der Waals surface area contributed by atoms with E-state index >= 15 is 0 Å². The fraction of sp³-hybridized carbons (Fsp3) is 0.0952. The summed E-state index contributed by atoms with van der Waals surface area (Å²) in [5.41, 5.74) is 9.62. The quantitative estimate of drug-likeness (QED) is 0.551. The standard InChI is InChI=1S/C21H19NO2/c1-14-12-18(24-15(14)2)10-8-16-9-11-20(22)19(13-16)21(23)17-6-4-3-5-7-17/h3-13H,22H2,1-2H3. The number of anilines is 1. The number of aryl methyl sites for hydroxylation is 2. The highest BCUT2D eigenvalue weighted by Gasteiger charge is 2.12. The van der Waals surface area contributed by atoms with Crippen molar-refractivity contribution in [2.75, 3.05) is 5.73 Å².